The fourth-order valence-corrected chi connectivity index (χ4v) is 5.66. The molecule has 1 aliphatic heterocycles. The van der Waals surface area contributed by atoms with Crippen LogP contribution >= 0.6 is 0 Å². The van der Waals surface area contributed by atoms with Gasteiger partial charge in [0.2, 0.25) is 0 Å². The van der Waals surface area contributed by atoms with Gasteiger partial charge in [-0.2, -0.15) is 18.3 Å². The number of amides is 2. The Bertz CT molecular complexity index is 1690. The zero-order valence-corrected chi connectivity index (χ0v) is 21.4. The van der Waals surface area contributed by atoms with Gasteiger partial charge in [0.25, 0.3) is 0 Å². The van der Waals surface area contributed by atoms with Gasteiger partial charge in [-0.05, 0) is 35.9 Å². The second-order valence-corrected chi connectivity index (χ2v) is 11.4. The molecule has 1 aliphatic rings. The fourth-order valence-electron chi connectivity index (χ4n) is 4.38. The number of hydrogen-bond acceptors (Lipinski definition) is 8. The van der Waals surface area contributed by atoms with Crippen LogP contribution in [-0.2, 0) is 22.6 Å². The third kappa shape index (κ3) is 5.67. The number of hydrogen-bond donors (Lipinski definition) is 3. The van der Waals surface area contributed by atoms with Gasteiger partial charge in [0.15, 0.2) is 15.7 Å². The summed E-state index contributed by atoms with van der Waals surface area (Å²) in [7, 11) is -3.06. The third-order valence-electron chi connectivity index (χ3n) is 6.35. The number of halogens is 4. The Morgan fingerprint density at radius 2 is 1.82 bits per heavy atom. The normalized spacial score (nSPS) is 15.7. The highest BCUT2D eigenvalue weighted by molar-refractivity contribution is 7.91. The van der Waals surface area contributed by atoms with Gasteiger partial charge in [0, 0.05) is 31.4 Å². The lowest BCUT2D eigenvalue weighted by Gasteiger charge is -2.26. The smallest absolute Gasteiger partial charge is 0.382 e. The molecule has 5 rings (SSSR count). The molecule has 0 bridgehead atoms. The molecular formula is C24H22F4N8O3S. The molecule has 4 aromatic rings. The van der Waals surface area contributed by atoms with Gasteiger partial charge in [-0.3, -0.25) is 10.2 Å². The van der Waals surface area contributed by atoms with E-state index in [4.69, 9.17) is 5.73 Å². The molecule has 4 heterocycles. The van der Waals surface area contributed by atoms with Gasteiger partial charge in [0.1, 0.15) is 23.5 Å². The monoisotopic (exact) mass is 578 g/mol. The standard InChI is InChI=1S/C24H22F4N8O3S/c25-18-10-14(3-4-19(18)33-23(37)34-22-17(24(26,27)28)2-1-5-30-22)16-11-15(36-20(16)21(29)31-13-32-36)12-35-6-8-40(38,39)9-7-35/h1-5,10-11,13H,6-9,12H2,(H2,29,31,32)(H2,30,33,34,37). The molecule has 210 valence electrons. The zero-order valence-electron chi connectivity index (χ0n) is 20.6. The number of anilines is 3. The van der Waals surface area contributed by atoms with Crippen LogP contribution in [-0.4, -0.2) is 63.5 Å². The maximum Gasteiger partial charge on any atom is 0.419 e. The van der Waals surface area contributed by atoms with E-state index in [9.17, 15) is 26.4 Å². The second-order valence-electron chi connectivity index (χ2n) is 9.05. The van der Waals surface area contributed by atoms with Gasteiger partial charge < -0.3 is 11.1 Å². The summed E-state index contributed by atoms with van der Waals surface area (Å²) in [6.45, 7) is 1.07. The Morgan fingerprint density at radius 1 is 1.07 bits per heavy atom. The topological polar surface area (TPSA) is 148 Å². The molecular weight excluding hydrogens is 556 g/mol. The quantitative estimate of drug-likeness (QED) is 0.305. The van der Waals surface area contributed by atoms with Gasteiger partial charge >= 0.3 is 12.2 Å². The van der Waals surface area contributed by atoms with Crippen LogP contribution < -0.4 is 16.4 Å². The predicted molar refractivity (Wildman–Crippen MR) is 139 cm³/mol. The molecule has 3 aromatic heterocycles. The number of nitrogen functional groups attached to an aromatic ring is 1. The first-order valence-corrected chi connectivity index (χ1v) is 13.7. The van der Waals surface area contributed by atoms with Crippen molar-refractivity contribution in [2.24, 2.45) is 0 Å². The van der Waals surface area contributed by atoms with Crippen molar-refractivity contribution in [2.75, 3.05) is 41.0 Å². The number of carbonyl (C=O) groups is 1. The molecule has 0 unspecified atom stereocenters. The molecule has 4 N–H and O–H groups in total. The minimum absolute atomic E-state index is 0.0470. The molecule has 11 nitrogen and oxygen atoms in total. The van der Waals surface area contributed by atoms with E-state index >= 15 is 4.39 Å². The molecule has 0 spiro atoms. The summed E-state index contributed by atoms with van der Waals surface area (Å²) < 4.78 is 79.8. The second kappa shape index (κ2) is 10.3. The molecule has 0 atom stereocenters. The van der Waals surface area contributed by atoms with E-state index in [0.29, 0.717) is 42.0 Å². The van der Waals surface area contributed by atoms with Crippen LogP contribution in [0.1, 0.15) is 11.3 Å². The lowest BCUT2D eigenvalue weighted by atomic mass is 10.1. The number of carbonyl (C=O) groups excluding carboxylic acids is 1. The molecule has 1 aromatic carbocycles. The number of nitrogens with one attached hydrogen (secondary N) is 2. The number of urea groups is 1. The number of sulfone groups is 1. The highest BCUT2D eigenvalue weighted by Gasteiger charge is 2.34. The Hall–Kier alpha value is -4.31. The van der Waals surface area contributed by atoms with Crippen LogP contribution in [0.3, 0.4) is 0 Å². The zero-order chi connectivity index (χ0) is 28.7. The van der Waals surface area contributed by atoms with Crippen molar-refractivity contribution >= 4 is 38.7 Å². The Balaban J connectivity index is 1.39. The lowest BCUT2D eigenvalue weighted by Crippen LogP contribution is -2.39. The summed E-state index contributed by atoms with van der Waals surface area (Å²) in [5.41, 5.74) is 6.64. The number of alkyl halides is 3. The van der Waals surface area contributed by atoms with Crippen LogP contribution in [0, 0.1) is 5.82 Å². The van der Waals surface area contributed by atoms with Crippen LogP contribution in [0.15, 0.2) is 48.9 Å². The summed E-state index contributed by atoms with van der Waals surface area (Å²) in [6, 6.07) is 6.36. The average Bonchev–Trinajstić information content (AvgIpc) is 3.26. The minimum Gasteiger partial charge on any atom is -0.382 e. The van der Waals surface area contributed by atoms with Crippen LogP contribution in [0.2, 0.25) is 0 Å². The summed E-state index contributed by atoms with van der Waals surface area (Å²) in [4.78, 5) is 21.9. The molecule has 0 aliphatic carbocycles. The molecule has 0 saturated carbocycles. The molecule has 2 amide bonds. The molecule has 40 heavy (non-hydrogen) atoms. The van der Waals surface area contributed by atoms with Crippen LogP contribution in [0.5, 0.6) is 0 Å². The molecule has 1 fully saturated rings. The van der Waals surface area contributed by atoms with Gasteiger partial charge in [-0.1, -0.05) is 6.07 Å². The van der Waals surface area contributed by atoms with Crippen molar-refractivity contribution in [3.63, 3.8) is 0 Å². The first kappa shape index (κ1) is 27.3. The van der Waals surface area contributed by atoms with Crippen LogP contribution in [0.4, 0.5) is 39.7 Å². The summed E-state index contributed by atoms with van der Waals surface area (Å²) in [6.07, 6.45) is -2.40. The van der Waals surface area contributed by atoms with Crippen molar-refractivity contribution in [1.29, 1.82) is 0 Å². The number of aromatic nitrogens is 4. The molecule has 16 heteroatoms. The summed E-state index contributed by atoms with van der Waals surface area (Å²) in [5, 5.41) is 8.44. The maximum atomic E-state index is 15.1. The largest absolute Gasteiger partial charge is 0.419 e. The maximum absolute atomic E-state index is 15.1. The van der Waals surface area contributed by atoms with Crippen molar-refractivity contribution in [1.82, 2.24) is 24.5 Å². The summed E-state index contributed by atoms with van der Waals surface area (Å²) in [5.74, 6) is -1.35. The Kier molecular flexibility index (Phi) is 7.05. The fraction of sp³-hybridized carbons (Fsp3) is 0.250. The predicted octanol–water partition coefficient (Wildman–Crippen LogP) is 3.41. The van der Waals surface area contributed by atoms with Crippen molar-refractivity contribution in [3.05, 3.63) is 66.0 Å². The van der Waals surface area contributed by atoms with E-state index in [2.05, 4.69) is 20.4 Å². The van der Waals surface area contributed by atoms with Crippen molar-refractivity contribution < 1.29 is 30.8 Å². The van der Waals surface area contributed by atoms with E-state index in [-0.39, 0.29) is 23.0 Å². The van der Waals surface area contributed by atoms with E-state index in [1.807, 2.05) is 10.2 Å². The highest BCUT2D eigenvalue weighted by atomic mass is 32.2. The van der Waals surface area contributed by atoms with Gasteiger partial charge in [-0.25, -0.2) is 32.1 Å². The lowest BCUT2D eigenvalue weighted by molar-refractivity contribution is -0.137. The summed E-state index contributed by atoms with van der Waals surface area (Å²) >= 11 is 0. The molecule has 1 saturated heterocycles. The van der Waals surface area contributed by atoms with Crippen molar-refractivity contribution in [2.45, 2.75) is 12.7 Å². The number of fused-ring (bicyclic) bond motifs is 1. The van der Waals surface area contributed by atoms with Crippen LogP contribution in [0.25, 0.3) is 16.6 Å². The number of pyridine rings is 1. The van der Waals surface area contributed by atoms with Crippen molar-refractivity contribution in [3.8, 4) is 11.1 Å². The van der Waals surface area contributed by atoms with E-state index in [0.717, 1.165) is 24.4 Å². The Morgan fingerprint density at radius 3 is 2.52 bits per heavy atom. The van der Waals surface area contributed by atoms with E-state index in [1.165, 1.54) is 18.5 Å². The number of rotatable bonds is 5. The first-order valence-electron chi connectivity index (χ1n) is 11.9. The Labute approximate surface area is 224 Å². The minimum atomic E-state index is -4.75. The van der Waals surface area contributed by atoms with Gasteiger partial charge in [0.05, 0.1) is 28.5 Å². The average molecular weight is 579 g/mol. The number of benzene rings is 1. The third-order valence-corrected chi connectivity index (χ3v) is 7.96. The van der Waals surface area contributed by atoms with E-state index < -0.39 is 39.2 Å². The van der Waals surface area contributed by atoms with E-state index in [1.54, 1.807) is 10.6 Å². The highest BCUT2D eigenvalue weighted by Crippen LogP contribution is 2.34. The van der Waals surface area contributed by atoms with Gasteiger partial charge in [-0.15, -0.1) is 0 Å². The number of nitrogens with zero attached hydrogens (tertiary/aromatic N) is 5. The SMILES string of the molecule is Nc1ncnn2c(CN3CCS(=O)(=O)CC3)cc(-c3ccc(NC(=O)Nc4ncccc4C(F)(F)F)c(F)c3)c12. The molecule has 0 radical (unpaired) electrons. The first-order chi connectivity index (χ1) is 18.9. The number of nitrogens with two attached hydrogens (primary N) is 1.